The minimum atomic E-state index is -4.68. The number of aromatic nitrogens is 3. The number of pyridine rings is 1. The zero-order valence-corrected chi connectivity index (χ0v) is 18.3. The Hall–Kier alpha value is -3.03. The van der Waals surface area contributed by atoms with Gasteiger partial charge in [0.25, 0.3) is 0 Å². The molecule has 0 bridgehead atoms. The van der Waals surface area contributed by atoms with Gasteiger partial charge < -0.3 is 10.4 Å². The van der Waals surface area contributed by atoms with E-state index in [0.29, 0.717) is 9.60 Å². The number of rotatable bonds is 7. The largest absolute Gasteiger partial charge is 0.433 e. The number of thiophene rings is 1. The van der Waals surface area contributed by atoms with Gasteiger partial charge in [-0.1, -0.05) is 12.1 Å². The van der Waals surface area contributed by atoms with E-state index < -0.39 is 33.6 Å². The van der Waals surface area contributed by atoms with Gasteiger partial charge in [0.05, 0.1) is 43.1 Å². The molecule has 174 valence electrons. The van der Waals surface area contributed by atoms with Crippen LogP contribution < -0.4 is 5.32 Å². The van der Waals surface area contributed by atoms with Crippen LogP contribution in [0.2, 0.25) is 0 Å². The minimum absolute atomic E-state index is 0.0228. The smallest absolute Gasteiger partial charge is 0.368 e. The summed E-state index contributed by atoms with van der Waals surface area (Å²) in [6.07, 6.45) is -4.80. The van der Waals surface area contributed by atoms with Gasteiger partial charge in [0.2, 0.25) is 0 Å². The Kier molecular flexibility index (Phi) is 6.12. The molecule has 4 rings (SSSR count). The molecule has 13 heteroatoms. The van der Waals surface area contributed by atoms with Crippen LogP contribution in [-0.2, 0) is 22.5 Å². The van der Waals surface area contributed by atoms with Gasteiger partial charge in [-0.15, -0.1) is 11.3 Å². The molecule has 0 fully saturated rings. The quantitative estimate of drug-likeness (QED) is 0.249. The molecule has 7 nitrogen and oxygen atoms in total. The summed E-state index contributed by atoms with van der Waals surface area (Å²) in [6.45, 7) is 0.163. The zero-order chi connectivity index (χ0) is 23.8. The second kappa shape index (κ2) is 8.72. The summed E-state index contributed by atoms with van der Waals surface area (Å²) in [5.74, 6) is -0.753. The van der Waals surface area contributed by atoms with Gasteiger partial charge in [0, 0.05) is 17.6 Å². The minimum Gasteiger partial charge on any atom is -0.368 e. The number of nitrogens with one attached hydrogen (secondary N) is 2. The number of hydrogen-bond acceptors (Lipinski definition) is 7. The molecule has 0 saturated carbocycles. The Balaban J connectivity index is 1.52. The third-order valence-electron chi connectivity index (χ3n) is 4.70. The summed E-state index contributed by atoms with van der Waals surface area (Å²) < 4.78 is 75.6. The lowest BCUT2D eigenvalue weighted by molar-refractivity contribution is -0.141. The van der Waals surface area contributed by atoms with Gasteiger partial charge in [-0.2, -0.15) is 18.3 Å². The van der Waals surface area contributed by atoms with Crippen LogP contribution in [0.1, 0.15) is 17.6 Å². The van der Waals surface area contributed by atoms with E-state index in [1.165, 1.54) is 28.2 Å². The number of nitrogens with zero attached hydrogens (tertiary/aromatic N) is 3. The fourth-order valence-electron chi connectivity index (χ4n) is 3.08. The monoisotopic (exact) mass is 499 g/mol. The standard InChI is InChI=1S/C20H17F4N5O2S2/c21-13-10-15-12(11-29(28-15)6-8-33(25,31)18-5-2-7-32-18)9-16(13)27-19(30)14-3-1-4-17(26-14)20(22,23)24/h1-5,7,9-11,19,25,27,30H,6,8H2. The Labute approximate surface area is 189 Å². The molecule has 33 heavy (non-hydrogen) atoms. The number of aliphatic hydroxyl groups is 1. The van der Waals surface area contributed by atoms with Crippen molar-refractivity contribution in [3.63, 3.8) is 0 Å². The van der Waals surface area contributed by atoms with E-state index in [4.69, 9.17) is 4.78 Å². The van der Waals surface area contributed by atoms with Crippen molar-refractivity contribution in [2.24, 2.45) is 0 Å². The molecule has 2 atom stereocenters. The first kappa shape index (κ1) is 23.1. The molecule has 0 spiro atoms. The topological polar surface area (TPSA) is 104 Å². The Morgan fingerprint density at radius 1 is 1.24 bits per heavy atom. The summed E-state index contributed by atoms with van der Waals surface area (Å²) in [4.78, 5) is 3.38. The van der Waals surface area contributed by atoms with E-state index in [2.05, 4.69) is 15.4 Å². The van der Waals surface area contributed by atoms with Crippen LogP contribution in [0.3, 0.4) is 0 Å². The number of fused-ring (bicyclic) bond motifs is 1. The molecular weight excluding hydrogens is 482 g/mol. The zero-order valence-electron chi connectivity index (χ0n) is 16.7. The van der Waals surface area contributed by atoms with Gasteiger partial charge in [0.15, 0.2) is 6.23 Å². The van der Waals surface area contributed by atoms with Crippen molar-refractivity contribution in [1.82, 2.24) is 14.8 Å². The van der Waals surface area contributed by atoms with Crippen LogP contribution in [-0.4, -0.2) is 29.8 Å². The number of aliphatic hydroxyl groups excluding tert-OH is 1. The number of hydrogen-bond donors (Lipinski definition) is 3. The van der Waals surface area contributed by atoms with E-state index in [-0.39, 0.29) is 29.2 Å². The highest BCUT2D eigenvalue weighted by Gasteiger charge is 2.33. The van der Waals surface area contributed by atoms with E-state index >= 15 is 0 Å². The van der Waals surface area contributed by atoms with E-state index in [1.807, 2.05) is 0 Å². The fourth-order valence-corrected chi connectivity index (χ4v) is 5.51. The van der Waals surface area contributed by atoms with Crippen LogP contribution in [0.4, 0.5) is 23.2 Å². The number of alkyl halides is 3. The SMILES string of the molecule is N=S(=O)(CCn1cc2cc(NC(O)c3cccc(C(F)(F)F)n3)c(F)cc2n1)c1cccs1. The molecule has 1 aromatic carbocycles. The lowest BCUT2D eigenvalue weighted by Crippen LogP contribution is -2.15. The third kappa shape index (κ3) is 5.15. The molecule has 0 aliphatic rings. The number of benzene rings is 1. The van der Waals surface area contributed by atoms with Crippen molar-refractivity contribution in [1.29, 1.82) is 4.78 Å². The second-order valence-electron chi connectivity index (χ2n) is 7.09. The van der Waals surface area contributed by atoms with Crippen LogP contribution in [0.15, 0.2) is 58.3 Å². The van der Waals surface area contributed by atoms with Crippen molar-refractivity contribution in [2.75, 3.05) is 11.1 Å². The van der Waals surface area contributed by atoms with Crippen molar-refractivity contribution in [3.05, 3.63) is 71.2 Å². The summed E-state index contributed by atoms with van der Waals surface area (Å²) in [5.41, 5.74) is -1.36. The maximum absolute atomic E-state index is 14.5. The number of halogens is 4. The third-order valence-corrected chi connectivity index (χ3v) is 8.00. The highest BCUT2D eigenvalue weighted by atomic mass is 32.2. The lowest BCUT2D eigenvalue weighted by Gasteiger charge is -2.15. The van der Waals surface area contributed by atoms with E-state index in [1.54, 1.807) is 23.7 Å². The average Bonchev–Trinajstić information content (AvgIpc) is 3.42. The number of aryl methyl sites for hydroxylation is 1. The molecule has 3 N–H and O–H groups in total. The first-order chi connectivity index (χ1) is 15.5. The van der Waals surface area contributed by atoms with E-state index in [9.17, 15) is 26.9 Å². The van der Waals surface area contributed by atoms with Gasteiger partial charge in [-0.25, -0.2) is 18.4 Å². The molecule has 0 saturated heterocycles. The van der Waals surface area contributed by atoms with Crippen LogP contribution in [0.5, 0.6) is 0 Å². The molecule has 0 aliphatic heterocycles. The molecule has 2 unspecified atom stereocenters. The summed E-state index contributed by atoms with van der Waals surface area (Å²) in [7, 11) is -2.98. The first-order valence-electron chi connectivity index (χ1n) is 9.48. The predicted octanol–water partition coefficient (Wildman–Crippen LogP) is 4.86. The van der Waals surface area contributed by atoms with Crippen LogP contribution >= 0.6 is 11.3 Å². The molecule has 0 radical (unpaired) electrons. The molecule has 3 aromatic heterocycles. The van der Waals surface area contributed by atoms with Crippen molar-refractivity contribution in [3.8, 4) is 0 Å². The maximum atomic E-state index is 14.5. The van der Waals surface area contributed by atoms with Gasteiger partial charge in [0.1, 0.15) is 11.5 Å². The van der Waals surface area contributed by atoms with Gasteiger partial charge >= 0.3 is 6.18 Å². The molecule has 3 heterocycles. The lowest BCUT2D eigenvalue weighted by atomic mass is 10.2. The average molecular weight is 500 g/mol. The molecule has 0 aliphatic carbocycles. The van der Waals surface area contributed by atoms with E-state index in [0.717, 1.165) is 18.2 Å². The van der Waals surface area contributed by atoms with Gasteiger partial charge in [-0.3, -0.25) is 4.68 Å². The highest BCUT2D eigenvalue weighted by molar-refractivity contribution is 7.94. The van der Waals surface area contributed by atoms with Crippen LogP contribution in [0.25, 0.3) is 10.9 Å². The Morgan fingerprint density at radius 3 is 2.73 bits per heavy atom. The summed E-state index contributed by atoms with van der Waals surface area (Å²) in [6, 6.07) is 8.87. The normalized spacial score (nSPS) is 14.8. The molecular formula is C20H17F4N5O2S2. The first-order valence-corrected chi connectivity index (χ1v) is 12.1. The summed E-state index contributed by atoms with van der Waals surface area (Å²) in [5, 5.41) is 19.1. The highest BCUT2D eigenvalue weighted by Crippen LogP contribution is 2.29. The van der Waals surface area contributed by atoms with Crippen molar-refractivity contribution < 1.29 is 26.9 Å². The van der Waals surface area contributed by atoms with Crippen molar-refractivity contribution in [2.45, 2.75) is 23.2 Å². The Morgan fingerprint density at radius 2 is 2.03 bits per heavy atom. The predicted molar refractivity (Wildman–Crippen MR) is 116 cm³/mol. The maximum Gasteiger partial charge on any atom is 0.433 e. The van der Waals surface area contributed by atoms with Crippen LogP contribution in [0, 0.1) is 10.6 Å². The second-order valence-corrected chi connectivity index (χ2v) is 10.5. The number of anilines is 1. The molecule has 4 aromatic rings. The fraction of sp³-hybridized carbons (Fsp3) is 0.200. The Bertz CT molecular complexity index is 1390. The van der Waals surface area contributed by atoms with Gasteiger partial charge in [-0.05, 0) is 29.6 Å². The van der Waals surface area contributed by atoms with Crippen molar-refractivity contribution >= 4 is 37.7 Å². The molecule has 0 amide bonds. The summed E-state index contributed by atoms with van der Waals surface area (Å²) >= 11 is 1.24.